The molecule has 0 aliphatic carbocycles. The maximum absolute atomic E-state index is 5.84. The molecule has 0 saturated heterocycles. The maximum Gasteiger partial charge on any atom is 0.165 e. The van der Waals surface area contributed by atoms with Crippen LogP contribution in [-0.4, -0.2) is 14.2 Å². The summed E-state index contributed by atoms with van der Waals surface area (Å²) in [5, 5.41) is 0. The molecule has 0 amide bonds. The van der Waals surface area contributed by atoms with Gasteiger partial charge in [0, 0.05) is 5.56 Å². The third-order valence-electron chi connectivity index (χ3n) is 2.05. The second kappa shape index (κ2) is 4.67. The fourth-order valence-corrected chi connectivity index (χ4v) is 1.30. The van der Waals surface area contributed by atoms with Crippen molar-refractivity contribution in [1.82, 2.24) is 0 Å². The number of rotatable bonds is 4. The molecule has 0 fully saturated rings. The van der Waals surface area contributed by atoms with Crippen LogP contribution in [0, 0.1) is 0 Å². The molecule has 1 atom stereocenters. The van der Waals surface area contributed by atoms with Gasteiger partial charge < -0.3 is 15.2 Å². The summed E-state index contributed by atoms with van der Waals surface area (Å²) in [6.45, 7) is 3.65. The first kappa shape index (κ1) is 10.6. The molecule has 0 aliphatic heterocycles. The van der Waals surface area contributed by atoms with Gasteiger partial charge in [-0.2, -0.15) is 0 Å². The van der Waals surface area contributed by atoms with Crippen molar-refractivity contribution < 1.29 is 9.47 Å². The average Bonchev–Trinajstić information content (AvgIpc) is 2.26. The molecular weight excluding hydrogens is 178 g/mol. The Morgan fingerprint density at radius 2 is 2.07 bits per heavy atom. The third-order valence-corrected chi connectivity index (χ3v) is 2.05. The minimum Gasteiger partial charge on any atom is -0.493 e. The molecular formula is C11H15NO2. The molecule has 0 aromatic heterocycles. The fourth-order valence-electron chi connectivity index (χ4n) is 1.30. The summed E-state index contributed by atoms with van der Waals surface area (Å²) < 4.78 is 10.4. The predicted molar refractivity (Wildman–Crippen MR) is 56.7 cm³/mol. The molecule has 1 aromatic carbocycles. The largest absolute Gasteiger partial charge is 0.493 e. The second-order valence-corrected chi connectivity index (χ2v) is 2.84. The molecule has 0 radical (unpaired) electrons. The van der Waals surface area contributed by atoms with Gasteiger partial charge >= 0.3 is 0 Å². The SMILES string of the molecule is C=CC(N)c1cccc(OC)c1OC. The van der Waals surface area contributed by atoms with Gasteiger partial charge in [0.25, 0.3) is 0 Å². The Hall–Kier alpha value is -1.48. The Kier molecular flexibility index (Phi) is 3.54. The van der Waals surface area contributed by atoms with Crippen LogP contribution in [0.5, 0.6) is 11.5 Å². The zero-order chi connectivity index (χ0) is 10.6. The van der Waals surface area contributed by atoms with Gasteiger partial charge in [0.05, 0.1) is 20.3 Å². The van der Waals surface area contributed by atoms with Crippen molar-refractivity contribution in [2.24, 2.45) is 5.73 Å². The Labute approximate surface area is 84.1 Å². The van der Waals surface area contributed by atoms with Gasteiger partial charge in [0.15, 0.2) is 11.5 Å². The Morgan fingerprint density at radius 3 is 2.57 bits per heavy atom. The standard InChI is InChI=1S/C11H15NO2/c1-4-9(12)8-6-5-7-10(13-2)11(8)14-3/h4-7,9H,1,12H2,2-3H3. The van der Waals surface area contributed by atoms with E-state index in [-0.39, 0.29) is 6.04 Å². The van der Waals surface area contributed by atoms with E-state index in [1.165, 1.54) is 0 Å². The van der Waals surface area contributed by atoms with E-state index in [0.717, 1.165) is 5.56 Å². The lowest BCUT2D eigenvalue weighted by Gasteiger charge is -2.14. The molecule has 0 heterocycles. The van der Waals surface area contributed by atoms with E-state index >= 15 is 0 Å². The lowest BCUT2D eigenvalue weighted by atomic mass is 10.1. The van der Waals surface area contributed by atoms with Crippen LogP contribution in [0.4, 0.5) is 0 Å². The molecule has 0 spiro atoms. The summed E-state index contributed by atoms with van der Waals surface area (Å²) in [4.78, 5) is 0. The summed E-state index contributed by atoms with van der Waals surface area (Å²) in [7, 11) is 3.19. The van der Waals surface area contributed by atoms with Crippen LogP contribution in [0.3, 0.4) is 0 Å². The van der Waals surface area contributed by atoms with Crippen molar-refractivity contribution >= 4 is 0 Å². The van der Waals surface area contributed by atoms with Crippen LogP contribution >= 0.6 is 0 Å². The van der Waals surface area contributed by atoms with E-state index in [9.17, 15) is 0 Å². The van der Waals surface area contributed by atoms with Gasteiger partial charge in [-0.1, -0.05) is 18.2 Å². The molecule has 2 N–H and O–H groups in total. The monoisotopic (exact) mass is 193 g/mol. The number of benzene rings is 1. The second-order valence-electron chi connectivity index (χ2n) is 2.84. The predicted octanol–water partition coefficient (Wildman–Crippen LogP) is 1.89. The van der Waals surface area contributed by atoms with E-state index in [1.54, 1.807) is 20.3 Å². The number of para-hydroxylation sites is 1. The van der Waals surface area contributed by atoms with E-state index in [2.05, 4.69) is 6.58 Å². The first-order valence-corrected chi connectivity index (χ1v) is 4.33. The molecule has 0 aliphatic rings. The summed E-state index contributed by atoms with van der Waals surface area (Å²) in [6.07, 6.45) is 1.66. The Morgan fingerprint density at radius 1 is 1.36 bits per heavy atom. The van der Waals surface area contributed by atoms with Crippen molar-refractivity contribution in [3.63, 3.8) is 0 Å². The van der Waals surface area contributed by atoms with Crippen LogP contribution < -0.4 is 15.2 Å². The molecule has 1 aromatic rings. The summed E-state index contributed by atoms with van der Waals surface area (Å²) in [5.41, 5.74) is 6.72. The van der Waals surface area contributed by atoms with Crippen LogP contribution in [0.1, 0.15) is 11.6 Å². The van der Waals surface area contributed by atoms with Crippen molar-refractivity contribution in [3.8, 4) is 11.5 Å². The van der Waals surface area contributed by atoms with E-state index in [0.29, 0.717) is 11.5 Å². The normalized spacial score (nSPS) is 11.9. The lowest BCUT2D eigenvalue weighted by Crippen LogP contribution is -2.08. The minimum atomic E-state index is -0.236. The molecule has 0 saturated carbocycles. The lowest BCUT2D eigenvalue weighted by molar-refractivity contribution is 0.351. The highest BCUT2D eigenvalue weighted by molar-refractivity contribution is 5.48. The van der Waals surface area contributed by atoms with Gasteiger partial charge in [-0.15, -0.1) is 6.58 Å². The van der Waals surface area contributed by atoms with Crippen molar-refractivity contribution in [1.29, 1.82) is 0 Å². The topological polar surface area (TPSA) is 44.5 Å². The summed E-state index contributed by atoms with van der Waals surface area (Å²) >= 11 is 0. The molecule has 1 rings (SSSR count). The number of ether oxygens (including phenoxy) is 2. The van der Waals surface area contributed by atoms with E-state index < -0.39 is 0 Å². The maximum atomic E-state index is 5.84. The molecule has 14 heavy (non-hydrogen) atoms. The first-order chi connectivity index (χ1) is 6.74. The number of nitrogens with two attached hydrogens (primary N) is 1. The Balaban J connectivity index is 3.21. The van der Waals surface area contributed by atoms with Crippen LogP contribution in [-0.2, 0) is 0 Å². The highest BCUT2D eigenvalue weighted by atomic mass is 16.5. The van der Waals surface area contributed by atoms with E-state index in [1.807, 2.05) is 18.2 Å². The van der Waals surface area contributed by atoms with Gasteiger partial charge in [-0.25, -0.2) is 0 Å². The number of methoxy groups -OCH3 is 2. The highest BCUT2D eigenvalue weighted by Crippen LogP contribution is 2.33. The van der Waals surface area contributed by atoms with Crippen molar-refractivity contribution in [3.05, 3.63) is 36.4 Å². The first-order valence-electron chi connectivity index (χ1n) is 4.33. The summed E-state index contributed by atoms with van der Waals surface area (Å²) in [5.74, 6) is 1.35. The van der Waals surface area contributed by atoms with Crippen LogP contribution in [0.25, 0.3) is 0 Å². The number of hydrogen-bond acceptors (Lipinski definition) is 3. The minimum absolute atomic E-state index is 0.236. The Bertz CT molecular complexity index is 323. The van der Waals surface area contributed by atoms with Gasteiger partial charge in [-0.3, -0.25) is 0 Å². The highest BCUT2D eigenvalue weighted by Gasteiger charge is 2.12. The van der Waals surface area contributed by atoms with Crippen molar-refractivity contribution in [2.75, 3.05) is 14.2 Å². The third kappa shape index (κ3) is 1.88. The van der Waals surface area contributed by atoms with Gasteiger partial charge in [-0.05, 0) is 6.07 Å². The van der Waals surface area contributed by atoms with Crippen LogP contribution in [0.15, 0.2) is 30.9 Å². The quantitative estimate of drug-likeness (QED) is 0.743. The van der Waals surface area contributed by atoms with Crippen molar-refractivity contribution in [2.45, 2.75) is 6.04 Å². The molecule has 76 valence electrons. The molecule has 1 unspecified atom stereocenters. The molecule has 0 bridgehead atoms. The smallest absolute Gasteiger partial charge is 0.165 e. The molecule has 3 heteroatoms. The zero-order valence-electron chi connectivity index (χ0n) is 8.49. The van der Waals surface area contributed by atoms with Crippen LogP contribution in [0.2, 0.25) is 0 Å². The summed E-state index contributed by atoms with van der Waals surface area (Å²) in [6, 6.07) is 5.37. The number of hydrogen-bond donors (Lipinski definition) is 1. The van der Waals surface area contributed by atoms with Gasteiger partial charge in [0.2, 0.25) is 0 Å². The van der Waals surface area contributed by atoms with E-state index in [4.69, 9.17) is 15.2 Å². The fraction of sp³-hybridized carbons (Fsp3) is 0.273. The van der Waals surface area contributed by atoms with Gasteiger partial charge in [0.1, 0.15) is 0 Å². The molecule has 3 nitrogen and oxygen atoms in total. The zero-order valence-corrected chi connectivity index (χ0v) is 8.49. The average molecular weight is 193 g/mol.